The molecule has 2 aromatic carbocycles. The molecule has 1 aliphatic rings. The van der Waals surface area contributed by atoms with E-state index in [1.165, 1.54) is 0 Å². The van der Waals surface area contributed by atoms with Gasteiger partial charge in [-0.15, -0.1) is 0 Å². The Labute approximate surface area is 159 Å². The molecule has 0 aliphatic carbocycles. The summed E-state index contributed by atoms with van der Waals surface area (Å²) in [6.07, 6.45) is -8.09. The molecule has 1 fully saturated rings. The fraction of sp³-hybridized carbons (Fsp3) is 0.312. The van der Waals surface area contributed by atoms with Gasteiger partial charge >= 0.3 is 35.5 Å². The van der Waals surface area contributed by atoms with Crippen molar-refractivity contribution in [1.82, 2.24) is 0 Å². The van der Waals surface area contributed by atoms with Gasteiger partial charge in [0.25, 0.3) is 0 Å². The number of aliphatic carboxylic acids is 1. The minimum Gasteiger partial charge on any atom is -0.479 e. The number of carboxylic acid groups (broad SMARTS) is 1. The molecule has 0 saturated carbocycles. The minimum absolute atomic E-state index is 0. The molecule has 0 amide bonds. The number of rotatable bonds is 3. The van der Waals surface area contributed by atoms with E-state index in [-0.39, 0.29) is 29.6 Å². The Balaban J connectivity index is 0.00000208. The van der Waals surface area contributed by atoms with E-state index in [1.54, 1.807) is 18.2 Å². The van der Waals surface area contributed by atoms with E-state index >= 15 is 0 Å². The van der Waals surface area contributed by atoms with Crippen LogP contribution in [-0.4, -0.2) is 57.1 Å². The second-order valence-electron chi connectivity index (χ2n) is 5.36. The van der Waals surface area contributed by atoms with Crippen LogP contribution < -0.4 is 34.3 Å². The molecule has 0 aromatic heterocycles. The van der Waals surface area contributed by atoms with Crippen LogP contribution in [0.5, 0.6) is 5.75 Å². The molecule has 0 radical (unpaired) electrons. The molecule has 0 bridgehead atoms. The third kappa shape index (κ3) is 3.73. The van der Waals surface area contributed by atoms with E-state index in [0.717, 1.165) is 10.8 Å². The number of aliphatic hydroxyl groups excluding tert-OH is 3. The summed E-state index contributed by atoms with van der Waals surface area (Å²) in [4.78, 5) is 11.1. The van der Waals surface area contributed by atoms with Gasteiger partial charge in [-0.3, -0.25) is 0 Å². The maximum absolute atomic E-state index is 11.1. The van der Waals surface area contributed by atoms with Crippen LogP contribution in [0.4, 0.5) is 0 Å². The van der Waals surface area contributed by atoms with Crippen LogP contribution in [0.15, 0.2) is 42.5 Å². The van der Waals surface area contributed by atoms with Crippen LogP contribution in [0.25, 0.3) is 10.8 Å². The van der Waals surface area contributed by atoms with Crippen molar-refractivity contribution in [2.45, 2.75) is 30.7 Å². The summed E-state index contributed by atoms with van der Waals surface area (Å²) in [5.41, 5.74) is 0. The van der Waals surface area contributed by atoms with Gasteiger partial charge < -0.3 is 29.9 Å². The SMILES string of the molecule is O=C(O)[C@H]1O[C@@H](Oc2ccc3ccccc3c2)[C@H](O)[C@@H](O)[C@@H]1O.[Na+]. The third-order valence-electron chi connectivity index (χ3n) is 3.79. The van der Waals surface area contributed by atoms with Crippen molar-refractivity contribution >= 4 is 16.7 Å². The number of carbonyl (C=O) groups is 1. The quantitative estimate of drug-likeness (QED) is 0.442. The molecule has 24 heavy (non-hydrogen) atoms. The fourth-order valence-corrected chi connectivity index (χ4v) is 2.52. The molecule has 8 heteroatoms. The zero-order valence-electron chi connectivity index (χ0n) is 12.9. The zero-order chi connectivity index (χ0) is 16.6. The van der Waals surface area contributed by atoms with Crippen molar-refractivity contribution in [2.75, 3.05) is 0 Å². The van der Waals surface area contributed by atoms with Crippen molar-refractivity contribution in [2.24, 2.45) is 0 Å². The van der Waals surface area contributed by atoms with Crippen molar-refractivity contribution in [1.29, 1.82) is 0 Å². The number of hydrogen-bond donors (Lipinski definition) is 4. The monoisotopic (exact) mass is 343 g/mol. The van der Waals surface area contributed by atoms with E-state index in [0.29, 0.717) is 5.75 Å². The number of ether oxygens (including phenoxy) is 2. The van der Waals surface area contributed by atoms with Gasteiger partial charge in [-0.05, 0) is 22.9 Å². The summed E-state index contributed by atoms with van der Waals surface area (Å²) in [5, 5.41) is 40.2. The summed E-state index contributed by atoms with van der Waals surface area (Å²) < 4.78 is 10.5. The molecule has 0 spiro atoms. The van der Waals surface area contributed by atoms with Gasteiger partial charge in [-0.2, -0.15) is 0 Å². The normalized spacial score (nSPS) is 29.7. The van der Waals surface area contributed by atoms with E-state index in [2.05, 4.69) is 0 Å². The third-order valence-corrected chi connectivity index (χ3v) is 3.79. The molecule has 5 atom stereocenters. The fourth-order valence-electron chi connectivity index (χ4n) is 2.52. The summed E-state index contributed by atoms with van der Waals surface area (Å²) >= 11 is 0. The van der Waals surface area contributed by atoms with E-state index in [1.807, 2.05) is 24.3 Å². The topological polar surface area (TPSA) is 116 Å². The first-order chi connectivity index (χ1) is 11.0. The van der Waals surface area contributed by atoms with Crippen LogP contribution in [0, 0.1) is 0 Å². The average Bonchev–Trinajstić information content (AvgIpc) is 2.55. The van der Waals surface area contributed by atoms with Crippen LogP contribution in [-0.2, 0) is 9.53 Å². The molecule has 1 saturated heterocycles. The van der Waals surface area contributed by atoms with Crippen molar-refractivity contribution in [3.8, 4) is 5.75 Å². The van der Waals surface area contributed by atoms with Crippen LogP contribution in [0.2, 0.25) is 0 Å². The summed E-state index contributed by atoms with van der Waals surface area (Å²) in [6, 6.07) is 12.7. The molecule has 3 rings (SSSR count). The van der Waals surface area contributed by atoms with Crippen molar-refractivity contribution in [3.05, 3.63) is 42.5 Å². The van der Waals surface area contributed by atoms with Gasteiger partial charge in [-0.25, -0.2) is 4.79 Å². The summed E-state index contributed by atoms with van der Waals surface area (Å²) in [7, 11) is 0. The van der Waals surface area contributed by atoms with Gasteiger partial charge in [0.15, 0.2) is 6.10 Å². The second kappa shape index (κ2) is 7.79. The first-order valence-corrected chi connectivity index (χ1v) is 7.05. The second-order valence-corrected chi connectivity index (χ2v) is 5.36. The Morgan fingerprint density at radius 3 is 2.29 bits per heavy atom. The van der Waals surface area contributed by atoms with Gasteiger partial charge in [0, 0.05) is 0 Å². The smallest absolute Gasteiger partial charge is 0.479 e. The molecule has 2 aromatic rings. The van der Waals surface area contributed by atoms with Crippen molar-refractivity contribution < 1.29 is 64.3 Å². The first-order valence-electron chi connectivity index (χ1n) is 7.05. The van der Waals surface area contributed by atoms with Gasteiger partial charge in [-0.1, -0.05) is 30.3 Å². The average molecular weight is 343 g/mol. The van der Waals surface area contributed by atoms with Gasteiger partial charge in [0.05, 0.1) is 0 Å². The predicted octanol–water partition coefficient (Wildman–Crippen LogP) is -2.89. The van der Waals surface area contributed by atoms with Gasteiger partial charge in [0.1, 0.15) is 24.1 Å². The Bertz CT molecular complexity index is 722. The predicted molar refractivity (Wildman–Crippen MR) is 78.9 cm³/mol. The molecular weight excluding hydrogens is 327 g/mol. The number of aliphatic hydroxyl groups is 3. The van der Waals surface area contributed by atoms with Crippen LogP contribution in [0.1, 0.15) is 0 Å². The number of benzene rings is 2. The zero-order valence-corrected chi connectivity index (χ0v) is 14.9. The summed E-state index contributed by atoms with van der Waals surface area (Å²) in [5.74, 6) is -1.10. The molecule has 1 heterocycles. The Morgan fingerprint density at radius 1 is 0.958 bits per heavy atom. The molecular formula is C16H16NaO7+. The van der Waals surface area contributed by atoms with Crippen molar-refractivity contribution in [3.63, 3.8) is 0 Å². The maximum Gasteiger partial charge on any atom is 1.00 e. The standard InChI is InChI=1S/C16H16O7.Na/c17-11-12(18)14(15(20)21)23-16(13(11)19)22-10-6-5-8-3-1-2-4-9(8)7-10;/h1-7,11-14,16-19H,(H,20,21);/q;+1/t11-,12-,13+,14-,16+;/m0./s1. The van der Waals surface area contributed by atoms with Crippen LogP contribution >= 0.6 is 0 Å². The minimum atomic E-state index is -1.74. The molecule has 122 valence electrons. The molecule has 4 N–H and O–H groups in total. The van der Waals surface area contributed by atoms with E-state index < -0.39 is 36.7 Å². The number of carboxylic acids is 1. The van der Waals surface area contributed by atoms with Gasteiger partial charge in [0.2, 0.25) is 6.29 Å². The Morgan fingerprint density at radius 2 is 1.62 bits per heavy atom. The Hall–Kier alpha value is -1.19. The van der Waals surface area contributed by atoms with E-state index in [4.69, 9.17) is 14.6 Å². The Kier molecular flexibility index (Phi) is 6.22. The number of fused-ring (bicyclic) bond motifs is 1. The first kappa shape index (κ1) is 19.1. The molecule has 1 aliphatic heterocycles. The molecule has 0 unspecified atom stereocenters. The van der Waals surface area contributed by atoms with E-state index in [9.17, 15) is 20.1 Å². The molecule has 7 nitrogen and oxygen atoms in total. The number of hydrogen-bond acceptors (Lipinski definition) is 6. The summed E-state index contributed by atoms with van der Waals surface area (Å²) in [6.45, 7) is 0. The maximum atomic E-state index is 11.1. The largest absolute Gasteiger partial charge is 1.00 e. The van der Waals surface area contributed by atoms with Crippen LogP contribution in [0.3, 0.4) is 0 Å².